The van der Waals surface area contributed by atoms with Gasteiger partial charge in [0.25, 0.3) is 0 Å². The number of unbranched alkanes of at least 4 members (excludes halogenated alkanes) is 12. The van der Waals surface area contributed by atoms with Crippen LogP contribution in [0.3, 0.4) is 0 Å². The van der Waals surface area contributed by atoms with E-state index < -0.39 is 0 Å². The Balaban J connectivity index is 3.01. The quantitative estimate of drug-likeness (QED) is 0.195. The van der Waals surface area contributed by atoms with E-state index in [4.69, 9.17) is 0 Å². The molecule has 0 N–H and O–H groups in total. The molecule has 0 saturated heterocycles. The minimum atomic E-state index is 0.753. The normalized spacial score (nSPS) is 11.2. The first-order chi connectivity index (χ1) is 9.41. The molecule has 0 amide bonds. The highest BCUT2D eigenvalue weighted by molar-refractivity contribution is 5.48. The summed E-state index contributed by atoms with van der Waals surface area (Å²) in [6.45, 7) is 2.26. The summed E-state index contributed by atoms with van der Waals surface area (Å²) >= 11 is 0. The fourth-order valence-electron chi connectivity index (χ4n) is 2.30. The molecule has 0 rings (SSSR count). The molecule has 0 unspecified atom stereocenters. The highest BCUT2D eigenvalue weighted by Gasteiger charge is 1.91. The summed E-state index contributed by atoms with van der Waals surface area (Å²) in [6, 6.07) is 0. The molecule has 0 heterocycles. The lowest BCUT2D eigenvalue weighted by Gasteiger charge is -1.99. The molecule has 0 aliphatic heterocycles. The van der Waals surface area contributed by atoms with Crippen LogP contribution in [0.15, 0.2) is 12.2 Å². The van der Waals surface area contributed by atoms with Gasteiger partial charge in [0, 0.05) is 6.42 Å². The van der Waals surface area contributed by atoms with Crippen LogP contribution in [0.25, 0.3) is 0 Å². The highest BCUT2D eigenvalue weighted by Crippen LogP contribution is 2.10. The molecule has 0 saturated carbocycles. The third-order valence-electron chi connectivity index (χ3n) is 3.58. The predicted molar refractivity (Wildman–Crippen MR) is 85.5 cm³/mol. The van der Waals surface area contributed by atoms with Crippen molar-refractivity contribution < 1.29 is 4.79 Å². The van der Waals surface area contributed by atoms with E-state index in [0.29, 0.717) is 0 Å². The first-order valence-corrected chi connectivity index (χ1v) is 8.50. The molecule has 0 bridgehead atoms. The number of allylic oxidation sites excluding steroid dienone is 2. The number of rotatable bonds is 15. The molecular weight excluding hydrogens is 232 g/mol. The van der Waals surface area contributed by atoms with Gasteiger partial charge in [-0.15, -0.1) is 0 Å². The van der Waals surface area contributed by atoms with Crippen molar-refractivity contribution in [3.63, 3.8) is 0 Å². The summed E-state index contributed by atoms with van der Waals surface area (Å²) in [5, 5.41) is 0. The van der Waals surface area contributed by atoms with Gasteiger partial charge >= 0.3 is 0 Å². The molecule has 112 valence electrons. The van der Waals surface area contributed by atoms with E-state index in [1.165, 1.54) is 77.0 Å². The second kappa shape index (κ2) is 17.4. The van der Waals surface area contributed by atoms with Gasteiger partial charge in [-0.2, -0.15) is 0 Å². The molecule has 1 heteroatoms. The first kappa shape index (κ1) is 18.4. The van der Waals surface area contributed by atoms with Crippen LogP contribution in [-0.4, -0.2) is 6.29 Å². The van der Waals surface area contributed by atoms with Crippen LogP contribution in [0.1, 0.15) is 96.8 Å². The Morgan fingerprint density at radius 2 is 1.00 bits per heavy atom. The first-order valence-electron chi connectivity index (χ1n) is 8.50. The van der Waals surface area contributed by atoms with Crippen molar-refractivity contribution in [3.8, 4) is 0 Å². The van der Waals surface area contributed by atoms with Crippen molar-refractivity contribution in [1.82, 2.24) is 0 Å². The Labute approximate surface area is 120 Å². The Morgan fingerprint density at radius 1 is 0.579 bits per heavy atom. The zero-order chi connectivity index (χ0) is 14.0. The summed E-state index contributed by atoms with van der Waals surface area (Å²) in [7, 11) is 0. The van der Waals surface area contributed by atoms with E-state index >= 15 is 0 Å². The molecule has 0 fully saturated rings. The zero-order valence-electron chi connectivity index (χ0n) is 13.0. The summed E-state index contributed by atoms with van der Waals surface area (Å²) in [4.78, 5) is 10.1. The zero-order valence-corrected chi connectivity index (χ0v) is 13.0. The third-order valence-corrected chi connectivity index (χ3v) is 3.58. The van der Waals surface area contributed by atoms with Crippen LogP contribution in [0.2, 0.25) is 0 Å². The molecule has 0 radical (unpaired) electrons. The van der Waals surface area contributed by atoms with Gasteiger partial charge in [0.05, 0.1) is 0 Å². The van der Waals surface area contributed by atoms with E-state index in [2.05, 4.69) is 19.1 Å². The monoisotopic (exact) mass is 266 g/mol. The number of carbonyl (C=O) groups is 1. The van der Waals surface area contributed by atoms with Crippen LogP contribution >= 0.6 is 0 Å². The smallest absolute Gasteiger partial charge is 0.119 e. The van der Waals surface area contributed by atoms with Crippen LogP contribution in [0.5, 0.6) is 0 Å². The van der Waals surface area contributed by atoms with Gasteiger partial charge < -0.3 is 4.79 Å². The van der Waals surface area contributed by atoms with Gasteiger partial charge in [0.1, 0.15) is 6.29 Å². The Hall–Kier alpha value is -0.590. The molecule has 0 atom stereocenters. The van der Waals surface area contributed by atoms with Gasteiger partial charge in [-0.05, 0) is 32.1 Å². The number of hydrogen-bond donors (Lipinski definition) is 0. The van der Waals surface area contributed by atoms with Crippen LogP contribution in [-0.2, 0) is 4.79 Å². The average Bonchev–Trinajstić information content (AvgIpc) is 2.43. The van der Waals surface area contributed by atoms with Gasteiger partial charge in [0.2, 0.25) is 0 Å². The number of aldehydes is 1. The van der Waals surface area contributed by atoms with Crippen molar-refractivity contribution in [2.75, 3.05) is 0 Å². The summed E-state index contributed by atoms with van der Waals surface area (Å²) < 4.78 is 0. The number of hydrogen-bond acceptors (Lipinski definition) is 1. The van der Waals surface area contributed by atoms with Crippen molar-refractivity contribution in [3.05, 3.63) is 12.2 Å². The summed E-state index contributed by atoms with van der Waals surface area (Å²) in [6.07, 6.45) is 23.6. The van der Waals surface area contributed by atoms with E-state index in [9.17, 15) is 4.79 Å². The van der Waals surface area contributed by atoms with Gasteiger partial charge in [-0.3, -0.25) is 0 Å². The van der Waals surface area contributed by atoms with Crippen LogP contribution in [0.4, 0.5) is 0 Å². The Morgan fingerprint density at radius 3 is 1.47 bits per heavy atom. The maximum absolute atomic E-state index is 10.1. The third kappa shape index (κ3) is 17.4. The molecule has 19 heavy (non-hydrogen) atoms. The van der Waals surface area contributed by atoms with Gasteiger partial charge in [-0.1, -0.05) is 70.4 Å². The maximum Gasteiger partial charge on any atom is 0.119 e. The largest absolute Gasteiger partial charge is 0.303 e. The number of carbonyl (C=O) groups excluding carboxylic acids is 1. The van der Waals surface area contributed by atoms with Crippen LogP contribution in [0, 0.1) is 0 Å². The molecule has 0 aliphatic rings. The summed E-state index contributed by atoms with van der Waals surface area (Å²) in [5.74, 6) is 0. The minimum Gasteiger partial charge on any atom is -0.303 e. The lowest BCUT2D eigenvalue weighted by Crippen LogP contribution is -1.81. The molecule has 0 aromatic heterocycles. The summed E-state index contributed by atoms with van der Waals surface area (Å²) in [5.41, 5.74) is 0. The molecule has 0 aromatic rings. The second-order valence-electron chi connectivity index (χ2n) is 5.54. The molecular formula is C18H34O. The fourth-order valence-corrected chi connectivity index (χ4v) is 2.30. The Kier molecular flexibility index (Phi) is 16.9. The fraction of sp³-hybridized carbons (Fsp3) is 0.833. The standard InChI is InChI=1S/C18H34O/c1-2-3-4-5-6-7-8-9-10-11-12-13-14-15-16-17-18-19/h7-8,18H,2-6,9-17H2,1H3/b8-7-. The second-order valence-corrected chi connectivity index (χ2v) is 5.54. The van der Waals surface area contributed by atoms with E-state index in [-0.39, 0.29) is 0 Å². The van der Waals surface area contributed by atoms with E-state index in [0.717, 1.165) is 19.1 Å². The lowest BCUT2D eigenvalue weighted by atomic mass is 10.1. The van der Waals surface area contributed by atoms with Crippen molar-refractivity contribution in [1.29, 1.82) is 0 Å². The van der Waals surface area contributed by atoms with Crippen molar-refractivity contribution >= 4 is 6.29 Å². The van der Waals surface area contributed by atoms with E-state index in [1.54, 1.807) is 0 Å². The van der Waals surface area contributed by atoms with Gasteiger partial charge in [0.15, 0.2) is 0 Å². The average molecular weight is 266 g/mol. The molecule has 0 spiro atoms. The predicted octanol–water partition coefficient (Wildman–Crippen LogP) is 6.22. The van der Waals surface area contributed by atoms with Crippen molar-refractivity contribution in [2.45, 2.75) is 96.8 Å². The lowest BCUT2D eigenvalue weighted by molar-refractivity contribution is -0.107. The molecule has 0 aliphatic carbocycles. The molecule has 1 nitrogen and oxygen atoms in total. The minimum absolute atomic E-state index is 0.753. The molecule has 0 aromatic carbocycles. The maximum atomic E-state index is 10.1. The topological polar surface area (TPSA) is 17.1 Å². The van der Waals surface area contributed by atoms with Crippen molar-refractivity contribution in [2.24, 2.45) is 0 Å². The SMILES string of the molecule is CCCCCC/C=C\CCCCCCCCCC=O. The van der Waals surface area contributed by atoms with E-state index in [1.807, 2.05) is 0 Å². The van der Waals surface area contributed by atoms with Crippen LogP contribution < -0.4 is 0 Å². The Bertz CT molecular complexity index is 196. The highest BCUT2D eigenvalue weighted by atomic mass is 16.1. The van der Waals surface area contributed by atoms with Gasteiger partial charge in [-0.25, -0.2) is 0 Å².